The fourth-order valence-corrected chi connectivity index (χ4v) is 8.35. The van der Waals surface area contributed by atoms with Gasteiger partial charge in [-0.25, -0.2) is 0 Å². The van der Waals surface area contributed by atoms with Gasteiger partial charge in [0.05, 0.1) is 11.5 Å². The summed E-state index contributed by atoms with van der Waals surface area (Å²) in [5, 5.41) is 2.80. The van der Waals surface area contributed by atoms with Gasteiger partial charge < -0.3 is 10.1 Å². The monoisotopic (exact) mass is 550 g/mol. The van der Waals surface area contributed by atoms with Crippen LogP contribution in [-0.2, 0) is 15.0 Å². The maximum absolute atomic E-state index is 13.2. The molecule has 0 atom stereocenters. The summed E-state index contributed by atoms with van der Waals surface area (Å²) in [7, 11) is 0. The summed E-state index contributed by atoms with van der Waals surface area (Å²) in [4.78, 5) is 39.8. The number of nitrogens with zero attached hydrogens (tertiary/aromatic N) is 1. The molecule has 0 aromatic heterocycles. The molecular weight excluding hydrogens is 520 g/mol. The molecule has 3 amide bonds. The van der Waals surface area contributed by atoms with Gasteiger partial charge in [-0.2, -0.15) is 0 Å². The number of amides is 3. The number of benzene rings is 2. The Morgan fingerprint density at radius 3 is 2.37 bits per heavy atom. The number of anilines is 1. The van der Waals surface area contributed by atoms with E-state index in [1.807, 2.05) is 13.0 Å². The van der Waals surface area contributed by atoms with Crippen molar-refractivity contribution >= 4 is 52.2 Å². The molecule has 1 saturated heterocycles. The van der Waals surface area contributed by atoms with Gasteiger partial charge in [0.25, 0.3) is 11.1 Å². The van der Waals surface area contributed by atoms with Crippen molar-refractivity contribution in [2.75, 3.05) is 18.5 Å². The van der Waals surface area contributed by atoms with Crippen LogP contribution in [-0.4, -0.2) is 35.1 Å². The first-order chi connectivity index (χ1) is 18.3. The average Bonchev–Trinajstić information content (AvgIpc) is 3.13. The van der Waals surface area contributed by atoms with E-state index in [1.54, 1.807) is 30.3 Å². The number of nitrogens with one attached hydrogen (secondary N) is 1. The Hall–Kier alpha value is -2.77. The first-order valence-corrected chi connectivity index (χ1v) is 14.6. The lowest BCUT2D eigenvalue weighted by Gasteiger charge is -2.57. The van der Waals surface area contributed by atoms with Crippen LogP contribution in [0.4, 0.5) is 10.5 Å². The lowest BCUT2D eigenvalue weighted by atomic mass is 9.48. The molecule has 1 N–H and O–H groups in total. The molecule has 5 aliphatic rings. The number of carbonyl (C=O) groups excluding carboxylic acids is 3. The number of hydrogen-bond donors (Lipinski definition) is 1. The zero-order valence-corrected chi connectivity index (χ0v) is 22.9. The first-order valence-electron chi connectivity index (χ1n) is 13.4. The third-order valence-corrected chi connectivity index (χ3v) is 9.71. The van der Waals surface area contributed by atoms with E-state index in [2.05, 4.69) is 17.4 Å². The Kier molecular flexibility index (Phi) is 6.77. The van der Waals surface area contributed by atoms with Gasteiger partial charge in [-0.1, -0.05) is 17.7 Å². The second-order valence-corrected chi connectivity index (χ2v) is 12.6. The summed E-state index contributed by atoms with van der Waals surface area (Å²) in [6.45, 7) is 2.09. The van der Waals surface area contributed by atoms with Crippen molar-refractivity contribution in [1.29, 1.82) is 0 Å². The van der Waals surface area contributed by atoms with Crippen molar-refractivity contribution in [3.05, 3.63) is 63.5 Å². The summed E-state index contributed by atoms with van der Waals surface area (Å²) in [5.74, 6) is 2.27. The number of hydrogen-bond acceptors (Lipinski definition) is 5. The quantitative estimate of drug-likeness (QED) is 0.380. The van der Waals surface area contributed by atoms with E-state index in [4.69, 9.17) is 16.3 Å². The van der Waals surface area contributed by atoms with Crippen molar-refractivity contribution in [2.24, 2.45) is 17.8 Å². The summed E-state index contributed by atoms with van der Waals surface area (Å²) < 4.78 is 5.91. The van der Waals surface area contributed by atoms with Crippen LogP contribution in [0.1, 0.15) is 56.6 Å². The molecule has 4 aliphatic carbocycles. The molecule has 5 fully saturated rings. The number of ether oxygens (including phenoxy) is 1. The van der Waals surface area contributed by atoms with Gasteiger partial charge >= 0.3 is 0 Å². The highest BCUT2D eigenvalue weighted by Gasteiger charge is 2.51. The molecule has 4 bridgehead atoms. The SMILES string of the molecule is CCOc1ccc(C23CC4CC(CC(C4)C2)C3)cc1/C=C1/SC(=O)N(CC(=O)Nc2ccc(Cl)cc2)C1=O. The predicted molar refractivity (Wildman–Crippen MR) is 150 cm³/mol. The molecule has 198 valence electrons. The average molecular weight is 551 g/mol. The molecule has 38 heavy (non-hydrogen) atoms. The molecule has 2 aromatic carbocycles. The van der Waals surface area contributed by atoms with E-state index in [9.17, 15) is 14.4 Å². The lowest BCUT2D eigenvalue weighted by molar-refractivity contribution is -0.127. The molecule has 0 unspecified atom stereocenters. The number of thioether (sulfide) groups is 1. The zero-order valence-electron chi connectivity index (χ0n) is 21.4. The lowest BCUT2D eigenvalue weighted by Crippen LogP contribution is -2.48. The fraction of sp³-hybridized carbons (Fsp3) is 0.433. The van der Waals surface area contributed by atoms with Crippen LogP contribution in [0.5, 0.6) is 5.75 Å². The molecular formula is C30H31ClN2O4S. The van der Waals surface area contributed by atoms with Crippen LogP contribution >= 0.6 is 23.4 Å². The minimum Gasteiger partial charge on any atom is -0.493 e. The van der Waals surface area contributed by atoms with Gasteiger partial charge in [0.2, 0.25) is 5.91 Å². The van der Waals surface area contributed by atoms with E-state index in [-0.39, 0.29) is 12.0 Å². The highest BCUT2D eigenvalue weighted by atomic mass is 35.5. The summed E-state index contributed by atoms with van der Waals surface area (Å²) in [5.41, 5.74) is 2.90. The molecule has 4 saturated carbocycles. The summed E-state index contributed by atoms with van der Waals surface area (Å²) in [6, 6.07) is 13.1. The van der Waals surface area contributed by atoms with Crippen molar-refractivity contribution in [2.45, 2.75) is 50.9 Å². The Balaban J connectivity index is 1.23. The molecule has 6 nitrogen and oxygen atoms in total. The maximum Gasteiger partial charge on any atom is 0.294 e. The molecule has 2 aromatic rings. The smallest absolute Gasteiger partial charge is 0.294 e. The number of imide groups is 1. The normalized spacial score (nSPS) is 28.8. The standard InChI is InChI=1S/C30H31ClN2O4S/c1-2-37-25-8-3-22(30-14-18-9-19(15-30)11-20(10-18)16-30)12-21(25)13-26-28(35)33(29(36)38-26)17-27(34)32-24-6-4-23(31)5-7-24/h3-8,12-13,18-20H,2,9-11,14-17H2,1H3,(H,32,34)/b26-13+. The minimum absolute atomic E-state index is 0.210. The Morgan fingerprint density at radius 1 is 1.08 bits per heavy atom. The second kappa shape index (κ2) is 10.1. The molecule has 0 radical (unpaired) electrons. The summed E-state index contributed by atoms with van der Waals surface area (Å²) >= 11 is 6.76. The van der Waals surface area contributed by atoms with Crippen LogP contribution in [0.2, 0.25) is 5.02 Å². The topological polar surface area (TPSA) is 75.7 Å². The van der Waals surface area contributed by atoms with Gasteiger partial charge in [0.15, 0.2) is 0 Å². The van der Waals surface area contributed by atoms with Gasteiger partial charge in [0.1, 0.15) is 12.3 Å². The van der Waals surface area contributed by atoms with Gasteiger partial charge in [-0.05, 0) is 128 Å². The minimum atomic E-state index is -0.464. The van der Waals surface area contributed by atoms with Crippen LogP contribution in [0.3, 0.4) is 0 Å². The predicted octanol–water partition coefficient (Wildman–Crippen LogP) is 6.88. The van der Waals surface area contributed by atoms with E-state index in [0.29, 0.717) is 28.0 Å². The highest BCUT2D eigenvalue weighted by Crippen LogP contribution is 2.61. The van der Waals surface area contributed by atoms with E-state index in [1.165, 1.54) is 44.1 Å². The highest BCUT2D eigenvalue weighted by molar-refractivity contribution is 8.18. The second-order valence-electron chi connectivity index (χ2n) is 11.2. The van der Waals surface area contributed by atoms with E-state index < -0.39 is 17.1 Å². The molecule has 8 heteroatoms. The van der Waals surface area contributed by atoms with E-state index >= 15 is 0 Å². The fourth-order valence-electron chi connectivity index (χ4n) is 7.40. The van der Waals surface area contributed by atoms with Gasteiger partial charge in [-0.15, -0.1) is 0 Å². The van der Waals surface area contributed by atoms with Gasteiger partial charge in [-0.3, -0.25) is 19.3 Å². The molecule has 1 aliphatic heterocycles. The Morgan fingerprint density at radius 2 is 1.74 bits per heavy atom. The maximum atomic E-state index is 13.2. The third-order valence-electron chi connectivity index (χ3n) is 8.55. The molecule has 1 heterocycles. The molecule has 0 spiro atoms. The third kappa shape index (κ3) is 4.87. The van der Waals surface area contributed by atoms with Crippen molar-refractivity contribution in [3.8, 4) is 5.75 Å². The first kappa shape index (κ1) is 25.5. The van der Waals surface area contributed by atoms with Crippen molar-refractivity contribution in [1.82, 2.24) is 4.90 Å². The number of rotatable bonds is 7. The van der Waals surface area contributed by atoms with Crippen LogP contribution < -0.4 is 10.1 Å². The van der Waals surface area contributed by atoms with E-state index in [0.717, 1.165) is 40.0 Å². The summed E-state index contributed by atoms with van der Waals surface area (Å²) in [6.07, 6.45) is 9.62. The van der Waals surface area contributed by atoms with Crippen molar-refractivity contribution in [3.63, 3.8) is 0 Å². The number of halogens is 1. The number of carbonyl (C=O) groups is 3. The molecule has 7 rings (SSSR count). The Labute approximate surface area is 232 Å². The largest absolute Gasteiger partial charge is 0.493 e. The van der Waals surface area contributed by atoms with Gasteiger partial charge in [0, 0.05) is 16.3 Å². The van der Waals surface area contributed by atoms with Crippen molar-refractivity contribution < 1.29 is 19.1 Å². The van der Waals surface area contributed by atoms with Crippen LogP contribution in [0.15, 0.2) is 47.4 Å². The van der Waals surface area contributed by atoms with Crippen LogP contribution in [0, 0.1) is 17.8 Å². The van der Waals surface area contributed by atoms with Crippen LogP contribution in [0.25, 0.3) is 6.08 Å². The zero-order chi connectivity index (χ0) is 26.4. The Bertz CT molecular complexity index is 1290.